The summed E-state index contributed by atoms with van der Waals surface area (Å²) in [5, 5.41) is 0. The zero-order valence-corrected chi connectivity index (χ0v) is 10.4. The van der Waals surface area contributed by atoms with Crippen LogP contribution >= 0.6 is 23.3 Å². The molecule has 0 saturated carbocycles. The van der Waals surface area contributed by atoms with Gasteiger partial charge in [0.2, 0.25) is 0 Å². The van der Waals surface area contributed by atoms with Crippen molar-refractivity contribution >= 4 is 23.3 Å². The van der Waals surface area contributed by atoms with E-state index < -0.39 is 23.3 Å². The third-order valence-electron chi connectivity index (χ3n) is 1.55. The Balaban J connectivity index is 3.43. The highest BCUT2D eigenvalue weighted by atomic mass is 31.3. The molecule has 1 rings (SSSR count). The van der Waals surface area contributed by atoms with Crippen LogP contribution in [0.3, 0.4) is 0 Å². The Morgan fingerprint density at radius 3 is 1.80 bits per heavy atom. The number of nitrogens with zero attached hydrogens (tertiary/aromatic N) is 4. The van der Waals surface area contributed by atoms with Crippen LogP contribution in [-0.2, 0) is 0 Å². The van der Waals surface area contributed by atoms with Crippen LogP contribution in [0.2, 0.25) is 0 Å². The van der Waals surface area contributed by atoms with Gasteiger partial charge in [0.25, 0.3) is 0 Å². The summed E-state index contributed by atoms with van der Waals surface area (Å²) in [5.74, 6) is 0. The Morgan fingerprint density at radius 2 is 1.40 bits per heavy atom. The zero-order chi connectivity index (χ0) is 11.9. The highest BCUT2D eigenvalue weighted by Gasteiger charge is 2.40. The topological polar surface area (TPSA) is 40.3 Å². The Bertz CT molecular complexity index is 412. The fourth-order valence-electron chi connectivity index (χ4n) is 0.774. The Morgan fingerprint density at radius 1 is 0.933 bits per heavy atom. The van der Waals surface area contributed by atoms with Gasteiger partial charge in [-0.1, -0.05) is 6.92 Å². The van der Waals surface area contributed by atoms with E-state index >= 15 is 0 Å². The van der Waals surface area contributed by atoms with Crippen LogP contribution in [0, 0.1) is 0 Å². The van der Waals surface area contributed by atoms with Crippen molar-refractivity contribution in [3.05, 3.63) is 0 Å². The molecule has 15 heavy (non-hydrogen) atoms. The minimum atomic E-state index is -5.56. The molecule has 0 saturated heterocycles. The molecular formula is C3H8F5N4P3. The molecule has 0 aromatic rings. The molecule has 0 radical (unpaired) electrons. The molecule has 1 heterocycles. The molecule has 12 heteroatoms. The van der Waals surface area contributed by atoms with E-state index in [0.717, 1.165) is 7.05 Å². The number of hydrogen-bond acceptors (Lipinski definition) is 4. The van der Waals surface area contributed by atoms with Crippen LogP contribution in [0.5, 0.6) is 0 Å². The van der Waals surface area contributed by atoms with E-state index in [4.69, 9.17) is 0 Å². The molecule has 0 aliphatic carbocycles. The summed E-state index contributed by atoms with van der Waals surface area (Å²) in [6.45, 7) is 1.41. The van der Waals surface area contributed by atoms with Gasteiger partial charge in [0.15, 0.2) is 0 Å². The van der Waals surface area contributed by atoms with Gasteiger partial charge in [-0.3, -0.25) is 0 Å². The van der Waals surface area contributed by atoms with Crippen molar-refractivity contribution in [1.29, 1.82) is 0 Å². The van der Waals surface area contributed by atoms with Crippen molar-refractivity contribution in [2.24, 2.45) is 13.5 Å². The summed E-state index contributed by atoms with van der Waals surface area (Å²) in [5.41, 5.74) is 0. The fraction of sp³-hybridized carbons (Fsp3) is 1.00. The minimum absolute atomic E-state index is 0.0305. The molecule has 90 valence electrons. The zero-order valence-electron chi connectivity index (χ0n) is 7.73. The molecule has 1 unspecified atom stereocenters. The lowest BCUT2D eigenvalue weighted by molar-refractivity contribution is 0.535. The molecular weight excluding hydrogens is 280 g/mol. The largest absolute Gasteiger partial charge is 0.424 e. The van der Waals surface area contributed by atoms with E-state index in [0.29, 0.717) is 4.67 Å². The lowest BCUT2D eigenvalue weighted by Gasteiger charge is -2.23. The summed E-state index contributed by atoms with van der Waals surface area (Å²) in [7, 11) is -14.6. The Hall–Kier alpha value is 0.300. The SMILES string of the molecule is CCN(C)P1(F)=NP(F)(F)=NP(F)(F)=N1. The van der Waals surface area contributed by atoms with E-state index in [-0.39, 0.29) is 6.54 Å². The quantitative estimate of drug-likeness (QED) is 0.479. The molecule has 1 aliphatic rings. The van der Waals surface area contributed by atoms with E-state index in [2.05, 4.69) is 9.03 Å². The van der Waals surface area contributed by atoms with Crippen LogP contribution in [0.4, 0.5) is 21.0 Å². The second-order valence-corrected chi connectivity index (χ2v) is 8.29. The van der Waals surface area contributed by atoms with Crippen molar-refractivity contribution in [1.82, 2.24) is 4.67 Å². The van der Waals surface area contributed by atoms with Crippen molar-refractivity contribution in [2.75, 3.05) is 13.6 Å². The van der Waals surface area contributed by atoms with Crippen molar-refractivity contribution in [3.8, 4) is 0 Å². The van der Waals surface area contributed by atoms with Gasteiger partial charge in [0.05, 0.1) is 0 Å². The summed E-state index contributed by atoms with van der Waals surface area (Å²) in [4.78, 5) is 0. The standard InChI is InChI=1S/C3H8F5N4P3/c1-3-12(2)15(8)10-13(4,5)9-14(6,7)11-15/h3H2,1-2H3. The van der Waals surface area contributed by atoms with Gasteiger partial charge in [-0.2, -0.15) is 4.20 Å². The monoisotopic (exact) mass is 288 g/mol. The van der Waals surface area contributed by atoms with Gasteiger partial charge in [-0.25, -0.2) is 4.67 Å². The van der Waals surface area contributed by atoms with Crippen LogP contribution in [0.25, 0.3) is 0 Å². The maximum absolute atomic E-state index is 13.7. The molecule has 0 amide bonds. The van der Waals surface area contributed by atoms with Crippen LogP contribution in [-0.4, -0.2) is 18.3 Å². The van der Waals surface area contributed by atoms with E-state index in [1.54, 1.807) is 0 Å². The lowest BCUT2D eigenvalue weighted by Crippen LogP contribution is -2.10. The fourth-order valence-corrected chi connectivity index (χ4v) is 6.85. The number of halogens is 5. The average molecular weight is 288 g/mol. The lowest BCUT2D eigenvalue weighted by atomic mass is 10.8. The molecule has 1 atom stereocenters. The molecule has 0 fully saturated rings. The molecule has 4 nitrogen and oxygen atoms in total. The highest BCUT2D eigenvalue weighted by Crippen LogP contribution is 2.82. The van der Waals surface area contributed by atoms with Crippen molar-refractivity contribution in [3.63, 3.8) is 0 Å². The molecule has 0 aromatic heterocycles. The van der Waals surface area contributed by atoms with Gasteiger partial charge >= 0.3 is 23.3 Å². The summed E-state index contributed by atoms with van der Waals surface area (Å²) in [6.07, 6.45) is 0. The average Bonchev–Trinajstić information content (AvgIpc) is 1.95. The van der Waals surface area contributed by atoms with Gasteiger partial charge in [-0.15, -0.1) is 30.3 Å². The van der Waals surface area contributed by atoms with Crippen molar-refractivity contribution < 1.29 is 21.0 Å². The predicted octanol–water partition coefficient (Wildman–Crippen LogP) is 5.64. The van der Waals surface area contributed by atoms with Gasteiger partial charge < -0.3 is 0 Å². The van der Waals surface area contributed by atoms with Crippen molar-refractivity contribution in [2.45, 2.75) is 6.92 Å². The first-order valence-electron chi connectivity index (χ1n) is 3.72. The van der Waals surface area contributed by atoms with Gasteiger partial charge in [-0.05, 0) is 7.05 Å². The third kappa shape index (κ3) is 3.13. The van der Waals surface area contributed by atoms with E-state index in [9.17, 15) is 21.0 Å². The Labute approximate surface area is 83.9 Å². The summed E-state index contributed by atoms with van der Waals surface area (Å²) < 4.78 is 72.1. The van der Waals surface area contributed by atoms with Gasteiger partial charge in [0, 0.05) is 6.54 Å². The molecule has 0 aromatic carbocycles. The van der Waals surface area contributed by atoms with Crippen LogP contribution in [0.1, 0.15) is 6.92 Å². The third-order valence-corrected chi connectivity index (χ3v) is 7.97. The molecule has 0 spiro atoms. The van der Waals surface area contributed by atoms with Gasteiger partial charge in [0.1, 0.15) is 0 Å². The smallest absolute Gasteiger partial charge is 0.229 e. The van der Waals surface area contributed by atoms with E-state index in [1.165, 1.54) is 6.92 Å². The minimum Gasteiger partial charge on any atom is -0.229 e. The van der Waals surface area contributed by atoms with Crippen LogP contribution < -0.4 is 0 Å². The molecule has 1 aliphatic heterocycles. The first-order valence-corrected chi connectivity index (χ1v) is 8.21. The number of hydrogen-bond donors (Lipinski definition) is 0. The Kier molecular flexibility index (Phi) is 3.52. The maximum atomic E-state index is 13.7. The van der Waals surface area contributed by atoms with E-state index in [1.807, 2.05) is 4.52 Å². The summed E-state index contributed by atoms with van der Waals surface area (Å²) >= 11 is 0. The number of rotatable bonds is 2. The normalized spacial score (nSPS) is 32.8. The second kappa shape index (κ2) is 3.95. The first kappa shape index (κ1) is 13.4. The summed E-state index contributed by atoms with van der Waals surface area (Å²) in [6, 6.07) is 0. The molecule has 0 N–H and O–H groups in total. The highest BCUT2D eigenvalue weighted by molar-refractivity contribution is 7.78. The molecule has 0 bridgehead atoms. The van der Waals surface area contributed by atoms with Crippen LogP contribution in [0.15, 0.2) is 13.5 Å². The predicted molar refractivity (Wildman–Crippen MR) is 51.9 cm³/mol. The maximum Gasteiger partial charge on any atom is 0.424 e. The first-order chi connectivity index (χ1) is 6.60. The second-order valence-electron chi connectivity index (χ2n) is 2.65.